The SMILES string of the molecule is C[C@H](N)Cc1ccc(Cl)cc1N. The summed E-state index contributed by atoms with van der Waals surface area (Å²) in [5, 5.41) is 0.668. The minimum absolute atomic E-state index is 0.133. The van der Waals surface area contributed by atoms with Gasteiger partial charge >= 0.3 is 0 Å². The Labute approximate surface area is 77.5 Å². The van der Waals surface area contributed by atoms with E-state index in [9.17, 15) is 0 Å². The van der Waals surface area contributed by atoms with Crippen molar-refractivity contribution in [1.29, 1.82) is 0 Å². The summed E-state index contributed by atoms with van der Waals surface area (Å²) >= 11 is 5.74. The van der Waals surface area contributed by atoms with Gasteiger partial charge in [-0.15, -0.1) is 0 Å². The van der Waals surface area contributed by atoms with Gasteiger partial charge in [0, 0.05) is 16.8 Å². The van der Waals surface area contributed by atoms with Gasteiger partial charge in [-0.25, -0.2) is 0 Å². The minimum atomic E-state index is 0.133. The summed E-state index contributed by atoms with van der Waals surface area (Å²) in [6.07, 6.45) is 0.795. The number of rotatable bonds is 2. The third-order valence-electron chi connectivity index (χ3n) is 1.65. The Morgan fingerprint density at radius 1 is 1.50 bits per heavy atom. The fraction of sp³-hybridized carbons (Fsp3) is 0.333. The lowest BCUT2D eigenvalue weighted by molar-refractivity contribution is 0.739. The fourth-order valence-corrected chi connectivity index (χ4v) is 1.28. The van der Waals surface area contributed by atoms with Gasteiger partial charge in [-0.2, -0.15) is 0 Å². The van der Waals surface area contributed by atoms with Crippen LogP contribution in [-0.2, 0) is 6.42 Å². The monoisotopic (exact) mass is 184 g/mol. The van der Waals surface area contributed by atoms with Crippen molar-refractivity contribution in [1.82, 2.24) is 0 Å². The third-order valence-corrected chi connectivity index (χ3v) is 1.88. The first kappa shape index (κ1) is 9.36. The van der Waals surface area contributed by atoms with E-state index >= 15 is 0 Å². The molecule has 0 saturated carbocycles. The molecule has 0 fully saturated rings. The summed E-state index contributed by atoms with van der Waals surface area (Å²) in [5.41, 5.74) is 13.2. The zero-order valence-corrected chi connectivity index (χ0v) is 7.81. The Hall–Kier alpha value is -0.730. The first-order chi connectivity index (χ1) is 5.59. The van der Waals surface area contributed by atoms with E-state index in [1.807, 2.05) is 19.1 Å². The zero-order chi connectivity index (χ0) is 9.14. The number of nitrogens with two attached hydrogens (primary N) is 2. The summed E-state index contributed by atoms with van der Waals surface area (Å²) in [6, 6.07) is 5.63. The molecule has 0 saturated heterocycles. The van der Waals surface area contributed by atoms with Crippen LogP contribution in [0.25, 0.3) is 0 Å². The van der Waals surface area contributed by atoms with Crippen molar-refractivity contribution in [2.24, 2.45) is 5.73 Å². The summed E-state index contributed by atoms with van der Waals surface area (Å²) < 4.78 is 0. The Balaban J connectivity index is 2.86. The van der Waals surface area contributed by atoms with Gasteiger partial charge < -0.3 is 11.5 Å². The average Bonchev–Trinajstić information content (AvgIpc) is 1.94. The topological polar surface area (TPSA) is 52.0 Å². The number of halogens is 1. The molecule has 0 aliphatic carbocycles. The Bertz CT molecular complexity index is 271. The Morgan fingerprint density at radius 2 is 2.17 bits per heavy atom. The van der Waals surface area contributed by atoms with E-state index < -0.39 is 0 Å². The minimum Gasteiger partial charge on any atom is -0.398 e. The molecule has 0 aliphatic heterocycles. The van der Waals surface area contributed by atoms with Gasteiger partial charge in [0.15, 0.2) is 0 Å². The van der Waals surface area contributed by atoms with E-state index in [1.54, 1.807) is 6.07 Å². The first-order valence-corrected chi connectivity index (χ1v) is 4.27. The Morgan fingerprint density at radius 3 is 2.67 bits per heavy atom. The van der Waals surface area contributed by atoms with E-state index in [2.05, 4.69) is 0 Å². The number of hydrogen-bond acceptors (Lipinski definition) is 2. The molecule has 1 aromatic rings. The summed E-state index contributed by atoms with van der Waals surface area (Å²) in [6.45, 7) is 1.95. The standard InChI is InChI=1S/C9H13ClN2/c1-6(11)4-7-2-3-8(10)5-9(7)12/h2-3,5-6H,4,11-12H2,1H3/t6-/m0/s1. The highest BCUT2D eigenvalue weighted by atomic mass is 35.5. The molecule has 0 bridgehead atoms. The van der Waals surface area contributed by atoms with Crippen molar-refractivity contribution in [2.45, 2.75) is 19.4 Å². The normalized spacial score (nSPS) is 12.9. The van der Waals surface area contributed by atoms with Crippen LogP contribution < -0.4 is 11.5 Å². The number of anilines is 1. The van der Waals surface area contributed by atoms with Gasteiger partial charge in [-0.1, -0.05) is 17.7 Å². The van der Waals surface area contributed by atoms with Gasteiger partial charge in [0.25, 0.3) is 0 Å². The maximum absolute atomic E-state index is 5.74. The molecule has 12 heavy (non-hydrogen) atoms. The van der Waals surface area contributed by atoms with E-state index in [4.69, 9.17) is 23.1 Å². The second kappa shape index (κ2) is 3.78. The molecule has 1 aromatic carbocycles. The van der Waals surface area contributed by atoms with E-state index in [0.29, 0.717) is 5.02 Å². The second-order valence-electron chi connectivity index (χ2n) is 3.02. The summed E-state index contributed by atoms with van der Waals surface area (Å²) in [7, 11) is 0. The smallest absolute Gasteiger partial charge is 0.0426 e. The van der Waals surface area contributed by atoms with Crippen LogP contribution in [0.15, 0.2) is 18.2 Å². The van der Waals surface area contributed by atoms with Crippen molar-refractivity contribution < 1.29 is 0 Å². The molecular weight excluding hydrogens is 172 g/mol. The molecule has 0 aromatic heterocycles. The van der Waals surface area contributed by atoms with Crippen LogP contribution in [0.4, 0.5) is 5.69 Å². The molecule has 1 rings (SSSR count). The lowest BCUT2D eigenvalue weighted by atomic mass is 10.1. The molecule has 0 radical (unpaired) electrons. The van der Waals surface area contributed by atoms with Crippen molar-refractivity contribution in [3.63, 3.8) is 0 Å². The van der Waals surface area contributed by atoms with Gasteiger partial charge in [-0.05, 0) is 31.0 Å². The van der Waals surface area contributed by atoms with Gasteiger partial charge in [-0.3, -0.25) is 0 Å². The van der Waals surface area contributed by atoms with E-state index in [-0.39, 0.29) is 6.04 Å². The van der Waals surface area contributed by atoms with Crippen molar-refractivity contribution in [2.75, 3.05) is 5.73 Å². The predicted molar refractivity (Wildman–Crippen MR) is 53.2 cm³/mol. The molecule has 0 unspecified atom stereocenters. The number of nitrogen functional groups attached to an aromatic ring is 1. The maximum atomic E-state index is 5.74. The highest BCUT2D eigenvalue weighted by Crippen LogP contribution is 2.18. The predicted octanol–water partition coefficient (Wildman–Crippen LogP) is 1.81. The van der Waals surface area contributed by atoms with Crippen LogP contribution in [-0.4, -0.2) is 6.04 Å². The van der Waals surface area contributed by atoms with Crippen LogP contribution in [0.2, 0.25) is 5.02 Å². The van der Waals surface area contributed by atoms with Crippen molar-refractivity contribution in [3.05, 3.63) is 28.8 Å². The highest BCUT2D eigenvalue weighted by Gasteiger charge is 2.02. The molecule has 1 atom stereocenters. The molecule has 2 nitrogen and oxygen atoms in total. The van der Waals surface area contributed by atoms with E-state index in [0.717, 1.165) is 17.7 Å². The first-order valence-electron chi connectivity index (χ1n) is 3.89. The van der Waals surface area contributed by atoms with E-state index in [1.165, 1.54) is 0 Å². The van der Waals surface area contributed by atoms with Crippen molar-refractivity contribution in [3.8, 4) is 0 Å². The van der Waals surface area contributed by atoms with Crippen LogP contribution in [0.1, 0.15) is 12.5 Å². The van der Waals surface area contributed by atoms with Gasteiger partial charge in [0.2, 0.25) is 0 Å². The quantitative estimate of drug-likeness (QED) is 0.689. The van der Waals surface area contributed by atoms with Gasteiger partial charge in [0.05, 0.1) is 0 Å². The van der Waals surface area contributed by atoms with Crippen LogP contribution in [0, 0.1) is 0 Å². The highest BCUT2D eigenvalue weighted by molar-refractivity contribution is 6.30. The molecule has 66 valence electrons. The average molecular weight is 185 g/mol. The molecular formula is C9H13ClN2. The molecule has 0 amide bonds. The summed E-state index contributed by atoms with van der Waals surface area (Å²) in [4.78, 5) is 0. The van der Waals surface area contributed by atoms with Crippen LogP contribution >= 0.6 is 11.6 Å². The molecule has 0 aliphatic rings. The molecule has 0 heterocycles. The maximum Gasteiger partial charge on any atom is 0.0426 e. The number of benzene rings is 1. The molecule has 3 heteroatoms. The Kier molecular flexibility index (Phi) is 2.95. The van der Waals surface area contributed by atoms with Crippen LogP contribution in [0.5, 0.6) is 0 Å². The lowest BCUT2D eigenvalue weighted by Gasteiger charge is -2.08. The lowest BCUT2D eigenvalue weighted by Crippen LogP contribution is -2.18. The third kappa shape index (κ3) is 2.40. The molecule has 0 spiro atoms. The fourth-order valence-electron chi connectivity index (χ4n) is 1.10. The second-order valence-corrected chi connectivity index (χ2v) is 3.46. The van der Waals surface area contributed by atoms with Crippen molar-refractivity contribution >= 4 is 17.3 Å². The largest absolute Gasteiger partial charge is 0.398 e. The molecule has 4 N–H and O–H groups in total. The zero-order valence-electron chi connectivity index (χ0n) is 7.05. The van der Waals surface area contributed by atoms with Gasteiger partial charge in [0.1, 0.15) is 0 Å². The van der Waals surface area contributed by atoms with Crippen LogP contribution in [0.3, 0.4) is 0 Å². The number of hydrogen-bond donors (Lipinski definition) is 2. The summed E-state index contributed by atoms with van der Waals surface area (Å²) in [5.74, 6) is 0.